The standard InChI is InChI=1S/C21H24N4O2S/c1-15(2)25-14-22-24-21(25)28-13-19(26)23-20(16-7-5-4-6-8-16)17-9-11-18(27-3)12-10-17/h4-12,14-15,20H,13H2,1-3H3,(H,23,26)/t20-/m0/s1. The number of carbonyl (C=O) groups is 1. The second-order valence-corrected chi connectivity index (χ2v) is 7.53. The topological polar surface area (TPSA) is 69.0 Å². The number of thioether (sulfide) groups is 1. The molecule has 7 heteroatoms. The van der Waals surface area contributed by atoms with E-state index in [1.807, 2.05) is 59.2 Å². The van der Waals surface area contributed by atoms with Gasteiger partial charge in [0, 0.05) is 6.04 Å². The molecule has 0 bridgehead atoms. The lowest BCUT2D eigenvalue weighted by atomic mass is 9.98. The molecule has 1 N–H and O–H groups in total. The van der Waals surface area contributed by atoms with Crippen molar-refractivity contribution in [1.29, 1.82) is 0 Å². The lowest BCUT2D eigenvalue weighted by Gasteiger charge is -2.20. The van der Waals surface area contributed by atoms with Crippen molar-refractivity contribution in [3.63, 3.8) is 0 Å². The average molecular weight is 397 g/mol. The summed E-state index contributed by atoms with van der Waals surface area (Å²) in [4.78, 5) is 12.7. The Labute approximate surface area is 169 Å². The molecule has 0 aliphatic rings. The van der Waals surface area contributed by atoms with Crippen LogP contribution in [-0.4, -0.2) is 33.5 Å². The molecule has 1 amide bonds. The van der Waals surface area contributed by atoms with E-state index < -0.39 is 0 Å². The third-order valence-electron chi connectivity index (χ3n) is 4.32. The molecule has 0 aliphatic heterocycles. The van der Waals surface area contributed by atoms with Gasteiger partial charge in [-0.3, -0.25) is 4.79 Å². The number of nitrogens with one attached hydrogen (secondary N) is 1. The van der Waals surface area contributed by atoms with Crippen molar-refractivity contribution >= 4 is 17.7 Å². The summed E-state index contributed by atoms with van der Waals surface area (Å²) >= 11 is 1.39. The molecule has 28 heavy (non-hydrogen) atoms. The van der Waals surface area contributed by atoms with Gasteiger partial charge < -0.3 is 14.6 Å². The molecule has 3 rings (SSSR count). The fraction of sp³-hybridized carbons (Fsp3) is 0.286. The van der Waals surface area contributed by atoms with Crippen molar-refractivity contribution in [2.45, 2.75) is 31.1 Å². The number of benzene rings is 2. The summed E-state index contributed by atoms with van der Waals surface area (Å²) in [5, 5.41) is 11.9. The molecule has 6 nitrogen and oxygen atoms in total. The zero-order chi connectivity index (χ0) is 19.9. The lowest BCUT2D eigenvalue weighted by molar-refractivity contribution is -0.119. The van der Waals surface area contributed by atoms with Gasteiger partial charge in [-0.15, -0.1) is 10.2 Å². The van der Waals surface area contributed by atoms with Gasteiger partial charge in [0.1, 0.15) is 12.1 Å². The van der Waals surface area contributed by atoms with Gasteiger partial charge in [0.15, 0.2) is 5.16 Å². The summed E-state index contributed by atoms with van der Waals surface area (Å²) in [5.74, 6) is 0.990. The molecule has 0 saturated heterocycles. The first-order valence-electron chi connectivity index (χ1n) is 9.09. The van der Waals surface area contributed by atoms with E-state index >= 15 is 0 Å². The van der Waals surface area contributed by atoms with Crippen LogP contribution in [0.5, 0.6) is 5.75 Å². The highest BCUT2D eigenvalue weighted by molar-refractivity contribution is 7.99. The Kier molecular flexibility index (Phi) is 6.71. The number of methoxy groups -OCH3 is 1. The molecule has 0 radical (unpaired) electrons. The van der Waals surface area contributed by atoms with E-state index in [4.69, 9.17) is 4.74 Å². The first-order valence-corrected chi connectivity index (χ1v) is 10.1. The highest BCUT2D eigenvalue weighted by Crippen LogP contribution is 2.25. The predicted molar refractivity (Wildman–Crippen MR) is 111 cm³/mol. The number of hydrogen-bond acceptors (Lipinski definition) is 5. The van der Waals surface area contributed by atoms with E-state index in [9.17, 15) is 4.79 Å². The van der Waals surface area contributed by atoms with Gasteiger partial charge in [-0.2, -0.15) is 0 Å². The molecule has 0 spiro atoms. The van der Waals surface area contributed by atoms with Gasteiger partial charge in [-0.25, -0.2) is 0 Å². The van der Waals surface area contributed by atoms with Crippen LogP contribution in [0.3, 0.4) is 0 Å². The highest BCUT2D eigenvalue weighted by atomic mass is 32.2. The summed E-state index contributed by atoms with van der Waals surface area (Å²) in [6.07, 6.45) is 1.69. The van der Waals surface area contributed by atoms with E-state index in [-0.39, 0.29) is 23.7 Å². The number of carbonyl (C=O) groups excluding carboxylic acids is 1. The molecular formula is C21H24N4O2S. The lowest BCUT2D eigenvalue weighted by Crippen LogP contribution is -2.30. The Bertz CT molecular complexity index is 894. The molecule has 0 saturated carbocycles. The molecule has 2 aromatic carbocycles. The van der Waals surface area contributed by atoms with Crippen LogP contribution in [0.15, 0.2) is 66.1 Å². The van der Waals surface area contributed by atoms with Crippen LogP contribution < -0.4 is 10.1 Å². The summed E-state index contributed by atoms with van der Waals surface area (Å²) < 4.78 is 7.19. The molecule has 0 aliphatic carbocycles. The Morgan fingerprint density at radius 1 is 1.11 bits per heavy atom. The summed E-state index contributed by atoms with van der Waals surface area (Å²) in [7, 11) is 1.64. The molecule has 0 fully saturated rings. The molecule has 1 atom stereocenters. The van der Waals surface area contributed by atoms with Crippen LogP contribution in [0.1, 0.15) is 37.1 Å². The zero-order valence-corrected chi connectivity index (χ0v) is 17.0. The maximum atomic E-state index is 12.7. The van der Waals surface area contributed by atoms with E-state index in [0.29, 0.717) is 0 Å². The molecule has 146 valence electrons. The second-order valence-electron chi connectivity index (χ2n) is 6.59. The predicted octanol–water partition coefficient (Wildman–Crippen LogP) is 3.87. The fourth-order valence-corrected chi connectivity index (χ4v) is 3.68. The third-order valence-corrected chi connectivity index (χ3v) is 5.27. The van der Waals surface area contributed by atoms with Crippen molar-refractivity contribution in [2.75, 3.05) is 12.9 Å². The largest absolute Gasteiger partial charge is 0.497 e. The van der Waals surface area contributed by atoms with Crippen LogP contribution in [0, 0.1) is 0 Å². The zero-order valence-electron chi connectivity index (χ0n) is 16.2. The number of aromatic nitrogens is 3. The first-order chi connectivity index (χ1) is 13.6. The van der Waals surface area contributed by atoms with Crippen molar-refractivity contribution < 1.29 is 9.53 Å². The Morgan fingerprint density at radius 3 is 2.43 bits per heavy atom. The number of ether oxygens (including phenoxy) is 1. The van der Waals surface area contributed by atoms with E-state index in [1.165, 1.54) is 11.8 Å². The average Bonchev–Trinajstić information content (AvgIpc) is 3.20. The van der Waals surface area contributed by atoms with Crippen molar-refractivity contribution in [2.24, 2.45) is 0 Å². The van der Waals surface area contributed by atoms with Crippen molar-refractivity contribution in [3.05, 3.63) is 72.1 Å². The van der Waals surface area contributed by atoms with Gasteiger partial charge >= 0.3 is 0 Å². The summed E-state index contributed by atoms with van der Waals surface area (Å²) in [6.45, 7) is 4.12. The van der Waals surface area contributed by atoms with Crippen LogP contribution in [-0.2, 0) is 4.79 Å². The fourth-order valence-electron chi connectivity index (χ4n) is 2.82. The summed E-state index contributed by atoms with van der Waals surface area (Å²) in [6, 6.07) is 17.7. The monoisotopic (exact) mass is 396 g/mol. The Morgan fingerprint density at radius 2 is 1.79 bits per heavy atom. The number of nitrogens with zero attached hydrogens (tertiary/aromatic N) is 3. The van der Waals surface area contributed by atoms with Gasteiger partial charge in [-0.05, 0) is 37.1 Å². The smallest absolute Gasteiger partial charge is 0.231 e. The molecule has 1 aromatic heterocycles. The summed E-state index contributed by atoms with van der Waals surface area (Å²) in [5.41, 5.74) is 2.02. The number of hydrogen-bond donors (Lipinski definition) is 1. The maximum absolute atomic E-state index is 12.7. The minimum atomic E-state index is -0.233. The quantitative estimate of drug-likeness (QED) is 0.586. The Hall–Kier alpha value is -2.80. The number of amides is 1. The van der Waals surface area contributed by atoms with Crippen molar-refractivity contribution in [1.82, 2.24) is 20.1 Å². The van der Waals surface area contributed by atoms with Gasteiger partial charge in [0.2, 0.25) is 5.91 Å². The molecule has 3 aromatic rings. The van der Waals surface area contributed by atoms with Crippen LogP contribution in [0.4, 0.5) is 0 Å². The van der Waals surface area contributed by atoms with Crippen LogP contribution in [0.25, 0.3) is 0 Å². The second kappa shape index (κ2) is 9.41. The number of rotatable bonds is 8. The minimum absolute atomic E-state index is 0.0621. The molecular weight excluding hydrogens is 372 g/mol. The van der Waals surface area contributed by atoms with Crippen LogP contribution >= 0.6 is 11.8 Å². The maximum Gasteiger partial charge on any atom is 0.231 e. The van der Waals surface area contributed by atoms with Gasteiger partial charge in [0.05, 0.1) is 18.9 Å². The van der Waals surface area contributed by atoms with Gasteiger partial charge in [0.25, 0.3) is 0 Å². The normalized spacial score (nSPS) is 12.0. The molecule has 1 heterocycles. The highest BCUT2D eigenvalue weighted by Gasteiger charge is 2.18. The molecule has 0 unspecified atom stereocenters. The van der Waals surface area contributed by atoms with Gasteiger partial charge in [-0.1, -0.05) is 54.2 Å². The van der Waals surface area contributed by atoms with E-state index in [2.05, 4.69) is 29.4 Å². The first kappa shape index (κ1) is 19.9. The van der Waals surface area contributed by atoms with Crippen molar-refractivity contribution in [3.8, 4) is 5.75 Å². The Balaban J connectivity index is 1.73. The SMILES string of the molecule is COc1ccc([C@@H](NC(=O)CSc2nncn2C(C)C)c2ccccc2)cc1. The van der Waals surface area contributed by atoms with Crippen LogP contribution in [0.2, 0.25) is 0 Å². The minimum Gasteiger partial charge on any atom is -0.497 e. The third kappa shape index (κ3) is 4.92. The van der Waals surface area contributed by atoms with E-state index in [1.54, 1.807) is 13.4 Å². The van der Waals surface area contributed by atoms with E-state index in [0.717, 1.165) is 22.0 Å².